The molecule has 1 aliphatic carbocycles. The summed E-state index contributed by atoms with van der Waals surface area (Å²) in [6.45, 7) is 2.23. The van der Waals surface area contributed by atoms with Crippen molar-refractivity contribution in [3.63, 3.8) is 0 Å². The van der Waals surface area contributed by atoms with E-state index in [1.807, 2.05) is 0 Å². The Labute approximate surface area is 64.0 Å². The Morgan fingerprint density at radius 2 is 1.90 bits per heavy atom. The Morgan fingerprint density at radius 3 is 2.80 bits per heavy atom. The van der Waals surface area contributed by atoms with E-state index in [1.165, 1.54) is 32.1 Å². The molecule has 10 heavy (non-hydrogen) atoms. The smallest absolute Gasteiger partial charge is 0.0174 e. The zero-order chi connectivity index (χ0) is 7.23. The maximum absolute atomic E-state index is 3.27. The summed E-state index contributed by atoms with van der Waals surface area (Å²) in [6, 6.07) is 0. The minimum Gasteiger partial charge on any atom is -0.103 e. The lowest BCUT2D eigenvalue weighted by Crippen LogP contribution is -1.88. The van der Waals surface area contributed by atoms with Gasteiger partial charge in [-0.05, 0) is 12.8 Å². The van der Waals surface area contributed by atoms with Crippen molar-refractivity contribution in [3.8, 4) is 11.8 Å². The second-order valence-corrected chi connectivity index (χ2v) is 3.18. The van der Waals surface area contributed by atoms with E-state index in [1.54, 1.807) is 0 Å². The van der Waals surface area contributed by atoms with E-state index in [0.29, 0.717) is 5.92 Å². The predicted octanol–water partition coefficient (Wildman–Crippen LogP) is 2.98. The summed E-state index contributed by atoms with van der Waals surface area (Å²) in [4.78, 5) is 0. The Hall–Kier alpha value is -0.440. The molecule has 0 bridgehead atoms. The molecule has 0 aromatic rings. The average Bonchev–Trinajstić information content (AvgIpc) is 2.02. The highest BCUT2D eigenvalue weighted by molar-refractivity contribution is 5.02. The molecule has 0 aliphatic heterocycles. The summed E-state index contributed by atoms with van der Waals surface area (Å²) in [5.41, 5.74) is 0. The van der Waals surface area contributed by atoms with Crippen molar-refractivity contribution in [1.82, 2.24) is 0 Å². The van der Waals surface area contributed by atoms with Gasteiger partial charge >= 0.3 is 0 Å². The van der Waals surface area contributed by atoms with Crippen molar-refractivity contribution in [2.75, 3.05) is 0 Å². The molecular weight excluding hydrogens is 120 g/mol. The van der Waals surface area contributed by atoms with Crippen molar-refractivity contribution >= 4 is 0 Å². The zero-order valence-electron chi connectivity index (χ0n) is 6.82. The van der Waals surface area contributed by atoms with Gasteiger partial charge in [-0.15, -0.1) is 11.8 Å². The monoisotopic (exact) mass is 136 g/mol. The summed E-state index contributed by atoms with van der Waals surface area (Å²) in [7, 11) is 0. The molecule has 0 nitrogen and oxygen atoms in total. The molecule has 1 unspecified atom stereocenters. The lowest BCUT2D eigenvalue weighted by Gasteiger charge is -2.00. The van der Waals surface area contributed by atoms with Gasteiger partial charge in [-0.3, -0.25) is 0 Å². The first-order valence-corrected chi connectivity index (χ1v) is 4.38. The van der Waals surface area contributed by atoms with E-state index in [4.69, 9.17) is 0 Å². The molecular formula is C10H16. The van der Waals surface area contributed by atoms with Gasteiger partial charge in [0.05, 0.1) is 0 Å². The summed E-state index contributed by atoms with van der Waals surface area (Å²) >= 11 is 0. The molecule has 0 heterocycles. The van der Waals surface area contributed by atoms with Crippen LogP contribution in [0.1, 0.15) is 45.4 Å². The topological polar surface area (TPSA) is 0 Å². The molecule has 0 N–H and O–H groups in total. The van der Waals surface area contributed by atoms with Gasteiger partial charge < -0.3 is 0 Å². The van der Waals surface area contributed by atoms with Crippen LogP contribution in [0.2, 0.25) is 0 Å². The summed E-state index contributed by atoms with van der Waals surface area (Å²) < 4.78 is 0. The Kier molecular flexibility index (Phi) is 3.36. The van der Waals surface area contributed by atoms with Crippen LogP contribution in [0.5, 0.6) is 0 Å². The summed E-state index contributed by atoms with van der Waals surface area (Å²) in [5, 5.41) is 0. The van der Waals surface area contributed by atoms with Crippen molar-refractivity contribution in [2.24, 2.45) is 5.92 Å². The second-order valence-electron chi connectivity index (χ2n) is 3.18. The molecule has 0 spiro atoms. The van der Waals surface area contributed by atoms with Crippen LogP contribution in [0, 0.1) is 17.8 Å². The van der Waals surface area contributed by atoms with E-state index in [-0.39, 0.29) is 0 Å². The third kappa shape index (κ3) is 2.92. The molecule has 0 aromatic carbocycles. The zero-order valence-corrected chi connectivity index (χ0v) is 6.82. The second kappa shape index (κ2) is 4.39. The maximum atomic E-state index is 3.27. The van der Waals surface area contributed by atoms with Gasteiger partial charge in [0.15, 0.2) is 0 Å². The van der Waals surface area contributed by atoms with Crippen LogP contribution >= 0.6 is 0 Å². The molecule has 1 aliphatic rings. The van der Waals surface area contributed by atoms with E-state index >= 15 is 0 Å². The number of hydrogen-bond acceptors (Lipinski definition) is 0. The first kappa shape index (κ1) is 7.66. The number of hydrogen-bond donors (Lipinski definition) is 0. The normalized spacial score (nSPS) is 27.1. The average molecular weight is 136 g/mol. The maximum Gasteiger partial charge on any atom is 0.0174 e. The van der Waals surface area contributed by atoms with Crippen LogP contribution in [0.25, 0.3) is 0 Å². The highest BCUT2D eigenvalue weighted by Gasteiger charge is 1.98. The minimum absolute atomic E-state index is 0.651. The quantitative estimate of drug-likeness (QED) is 0.449. The highest BCUT2D eigenvalue weighted by atomic mass is 14.0. The van der Waals surface area contributed by atoms with Crippen LogP contribution in [-0.4, -0.2) is 0 Å². The van der Waals surface area contributed by atoms with Gasteiger partial charge in [0, 0.05) is 12.3 Å². The fourth-order valence-corrected chi connectivity index (χ4v) is 1.34. The first-order valence-electron chi connectivity index (χ1n) is 4.38. The van der Waals surface area contributed by atoms with Crippen LogP contribution in [0.15, 0.2) is 0 Å². The fourth-order valence-electron chi connectivity index (χ4n) is 1.34. The van der Waals surface area contributed by atoms with E-state index in [9.17, 15) is 0 Å². The van der Waals surface area contributed by atoms with Crippen molar-refractivity contribution < 1.29 is 0 Å². The Bertz CT molecular complexity index is 136. The van der Waals surface area contributed by atoms with Crippen LogP contribution in [0.4, 0.5) is 0 Å². The van der Waals surface area contributed by atoms with Crippen molar-refractivity contribution in [2.45, 2.75) is 45.4 Å². The third-order valence-corrected chi connectivity index (χ3v) is 2.04. The molecule has 0 saturated heterocycles. The van der Waals surface area contributed by atoms with Gasteiger partial charge in [-0.1, -0.05) is 26.2 Å². The number of rotatable bonds is 0. The van der Waals surface area contributed by atoms with Crippen molar-refractivity contribution in [3.05, 3.63) is 0 Å². The molecule has 0 radical (unpaired) electrons. The van der Waals surface area contributed by atoms with Crippen molar-refractivity contribution in [1.29, 1.82) is 0 Å². The van der Waals surface area contributed by atoms with Gasteiger partial charge in [0.2, 0.25) is 0 Å². The van der Waals surface area contributed by atoms with E-state index in [0.717, 1.165) is 6.42 Å². The van der Waals surface area contributed by atoms with Gasteiger partial charge in [-0.25, -0.2) is 0 Å². The van der Waals surface area contributed by atoms with Gasteiger partial charge in [0.25, 0.3) is 0 Å². The van der Waals surface area contributed by atoms with Crippen LogP contribution in [0.3, 0.4) is 0 Å². The molecule has 0 fully saturated rings. The van der Waals surface area contributed by atoms with Gasteiger partial charge in [-0.2, -0.15) is 0 Å². The third-order valence-electron chi connectivity index (χ3n) is 2.04. The van der Waals surface area contributed by atoms with E-state index < -0.39 is 0 Å². The molecule has 56 valence electrons. The molecule has 0 heteroatoms. The Morgan fingerprint density at radius 1 is 1.10 bits per heavy atom. The summed E-state index contributed by atoms with van der Waals surface area (Å²) in [5.74, 6) is 7.15. The SMILES string of the molecule is CC1C#CCCCCCC1. The summed E-state index contributed by atoms with van der Waals surface area (Å²) in [6.07, 6.45) is 7.95. The Balaban J connectivity index is 2.33. The highest BCUT2D eigenvalue weighted by Crippen LogP contribution is 2.12. The molecule has 0 amide bonds. The lowest BCUT2D eigenvalue weighted by atomic mass is 10.0. The standard InChI is InChI=1S/C10H16/c1-10-8-6-4-2-3-5-7-9-10/h10H,2-6,8H2,1H3. The molecule has 1 rings (SSSR count). The largest absolute Gasteiger partial charge is 0.103 e. The lowest BCUT2D eigenvalue weighted by molar-refractivity contribution is 0.573. The molecule has 1 atom stereocenters. The van der Waals surface area contributed by atoms with Crippen LogP contribution < -0.4 is 0 Å². The minimum atomic E-state index is 0.651. The van der Waals surface area contributed by atoms with Gasteiger partial charge in [0.1, 0.15) is 0 Å². The fraction of sp³-hybridized carbons (Fsp3) is 0.800. The molecule has 0 saturated carbocycles. The van der Waals surface area contributed by atoms with Crippen LogP contribution in [-0.2, 0) is 0 Å². The molecule has 0 aromatic heterocycles. The first-order chi connectivity index (χ1) is 4.89. The van der Waals surface area contributed by atoms with E-state index in [2.05, 4.69) is 18.8 Å². The predicted molar refractivity (Wildman–Crippen MR) is 44.6 cm³/mol.